The topological polar surface area (TPSA) is 90.6 Å². The van der Waals surface area contributed by atoms with Crippen LogP contribution in [0.4, 0.5) is 0 Å². The zero-order chi connectivity index (χ0) is 23.5. The molecule has 1 aromatic carbocycles. The van der Waals surface area contributed by atoms with E-state index >= 15 is 0 Å². The van der Waals surface area contributed by atoms with Gasteiger partial charge in [0.05, 0.1) is 36.8 Å². The molecule has 3 aromatic rings. The van der Waals surface area contributed by atoms with Gasteiger partial charge in [-0.05, 0) is 26.0 Å². The molecule has 0 unspecified atom stereocenters. The maximum Gasteiger partial charge on any atom is 0.261 e. The van der Waals surface area contributed by atoms with Gasteiger partial charge in [0.2, 0.25) is 5.91 Å². The molecule has 1 amide bonds. The Morgan fingerprint density at radius 3 is 2.55 bits per heavy atom. The number of fused-ring (bicyclic) bond motifs is 3. The second kappa shape index (κ2) is 9.82. The van der Waals surface area contributed by atoms with E-state index in [0.717, 1.165) is 11.9 Å². The fraction of sp³-hybridized carbons (Fsp3) is 0.542. The number of ether oxygens (including phenoxy) is 2. The first-order valence-corrected chi connectivity index (χ1v) is 11.5. The summed E-state index contributed by atoms with van der Waals surface area (Å²) in [5.74, 6) is 0.949. The van der Waals surface area contributed by atoms with Crippen molar-refractivity contribution in [1.82, 2.24) is 24.6 Å². The first-order chi connectivity index (χ1) is 15.9. The minimum absolute atomic E-state index is 0.0350. The normalized spacial score (nSPS) is 14.8. The molecule has 2 aromatic heterocycles. The number of rotatable bonds is 8. The molecule has 33 heavy (non-hydrogen) atoms. The minimum atomic E-state index is -0.175. The van der Waals surface area contributed by atoms with E-state index in [9.17, 15) is 9.59 Å². The van der Waals surface area contributed by atoms with Gasteiger partial charge in [0.1, 0.15) is 6.54 Å². The van der Waals surface area contributed by atoms with E-state index in [1.807, 2.05) is 6.07 Å². The third kappa shape index (κ3) is 4.55. The maximum atomic E-state index is 12.9. The maximum absolute atomic E-state index is 12.9. The first kappa shape index (κ1) is 23.1. The average molecular weight is 456 g/mol. The van der Waals surface area contributed by atoms with Gasteiger partial charge in [0, 0.05) is 37.6 Å². The lowest BCUT2D eigenvalue weighted by Crippen LogP contribution is -2.40. The molecule has 1 fully saturated rings. The highest BCUT2D eigenvalue weighted by molar-refractivity contribution is 6.05. The van der Waals surface area contributed by atoms with Crippen molar-refractivity contribution in [1.29, 1.82) is 0 Å². The predicted octanol–water partition coefficient (Wildman–Crippen LogP) is 2.29. The van der Waals surface area contributed by atoms with Crippen molar-refractivity contribution >= 4 is 27.7 Å². The first-order valence-electron chi connectivity index (χ1n) is 11.5. The van der Waals surface area contributed by atoms with E-state index in [1.165, 1.54) is 38.3 Å². The van der Waals surface area contributed by atoms with Gasteiger partial charge in [0.25, 0.3) is 5.56 Å². The summed E-state index contributed by atoms with van der Waals surface area (Å²) in [5.41, 5.74) is 1.12. The molecule has 0 radical (unpaired) electrons. The fourth-order valence-corrected chi connectivity index (χ4v) is 4.84. The number of carbonyl (C=O) groups excluding carboxylic acids is 1. The lowest BCUT2D eigenvalue weighted by Gasteiger charge is -2.31. The van der Waals surface area contributed by atoms with Crippen molar-refractivity contribution in [3.8, 4) is 11.5 Å². The summed E-state index contributed by atoms with van der Waals surface area (Å²) >= 11 is 0. The van der Waals surface area contributed by atoms with Crippen molar-refractivity contribution < 1.29 is 14.3 Å². The van der Waals surface area contributed by atoms with Gasteiger partial charge in [-0.3, -0.25) is 14.3 Å². The molecule has 9 nitrogen and oxygen atoms in total. The number of nitrogens with zero attached hydrogens (tertiary/aromatic N) is 4. The largest absolute Gasteiger partial charge is 0.493 e. The molecule has 0 aliphatic heterocycles. The molecule has 0 saturated heterocycles. The number of benzene rings is 1. The van der Waals surface area contributed by atoms with Crippen LogP contribution in [0.15, 0.2) is 23.1 Å². The monoisotopic (exact) mass is 455 g/mol. The lowest BCUT2D eigenvalue weighted by atomic mass is 9.94. The number of hydrogen-bond acceptors (Lipinski definition) is 6. The zero-order valence-corrected chi connectivity index (χ0v) is 19.9. The van der Waals surface area contributed by atoms with Crippen LogP contribution >= 0.6 is 0 Å². The smallest absolute Gasteiger partial charge is 0.261 e. The second-order valence-electron chi connectivity index (χ2n) is 8.78. The van der Waals surface area contributed by atoms with Gasteiger partial charge in [0.15, 0.2) is 11.5 Å². The standard InChI is InChI=1S/C24H33N5O4/c1-27(16-8-6-5-7-9-16)11-10-25-22(30)15-29-23-17-12-20(32-3)21(33-4)13-19(17)28(2)24(31)18(23)14-26-29/h12-14,16H,5-11,15H2,1-4H3,(H,25,30). The van der Waals surface area contributed by atoms with Gasteiger partial charge in [-0.25, -0.2) is 0 Å². The van der Waals surface area contributed by atoms with Crippen molar-refractivity contribution in [2.24, 2.45) is 7.05 Å². The summed E-state index contributed by atoms with van der Waals surface area (Å²) in [6, 6.07) is 4.21. The summed E-state index contributed by atoms with van der Waals surface area (Å²) in [5, 5.41) is 8.59. The van der Waals surface area contributed by atoms with Crippen LogP contribution in [-0.2, 0) is 18.4 Å². The van der Waals surface area contributed by atoms with Crippen molar-refractivity contribution in [2.75, 3.05) is 34.4 Å². The van der Waals surface area contributed by atoms with E-state index in [2.05, 4.69) is 22.4 Å². The molecule has 9 heteroatoms. The Bertz CT molecular complexity index is 1210. The van der Waals surface area contributed by atoms with E-state index in [0.29, 0.717) is 40.5 Å². The number of hydrogen-bond donors (Lipinski definition) is 1. The number of amides is 1. The van der Waals surface area contributed by atoms with Crippen LogP contribution in [0, 0.1) is 0 Å². The molecule has 0 atom stereocenters. The molecule has 1 aliphatic carbocycles. The van der Waals surface area contributed by atoms with Crippen molar-refractivity contribution in [2.45, 2.75) is 44.7 Å². The van der Waals surface area contributed by atoms with Gasteiger partial charge in [-0.2, -0.15) is 5.10 Å². The summed E-state index contributed by atoms with van der Waals surface area (Å²) in [6.45, 7) is 1.43. The number of carbonyl (C=O) groups is 1. The third-order valence-electron chi connectivity index (χ3n) is 6.77. The third-order valence-corrected chi connectivity index (χ3v) is 6.77. The van der Waals surface area contributed by atoms with Gasteiger partial charge < -0.3 is 24.3 Å². The van der Waals surface area contributed by atoms with Crippen molar-refractivity contribution in [3.05, 3.63) is 28.7 Å². The Morgan fingerprint density at radius 1 is 1.15 bits per heavy atom. The Hall–Kier alpha value is -3.07. The zero-order valence-electron chi connectivity index (χ0n) is 19.9. The quantitative estimate of drug-likeness (QED) is 0.561. The summed E-state index contributed by atoms with van der Waals surface area (Å²) in [6.07, 6.45) is 7.91. The average Bonchev–Trinajstić information content (AvgIpc) is 3.25. The minimum Gasteiger partial charge on any atom is -0.493 e. The van der Waals surface area contributed by atoms with Crippen molar-refractivity contribution in [3.63, 3.8) is 0 Å². The van der Waals surface area contributed by atoms with Gasteiger partial charge >= 0.3 is 0 Å². The highest BCUT2D eigenvalue weighted by Gasteiger charge is 2.20. The summed E-state index contributed by atoms with van der Waals surface area (Å²) < 4.78 is 14.0. The highest BCUT2D eigenvalue weighted by atomic mass is 16.5. The molecule has 0 spiro atoms. The molecular weight excluding hydrogens is 422 g/mol. The van der Waals surface area contributed by atoms with Crippen LogP contribution in [0.3, 0.4) is 0 Å². The number of methoxy groups -OCH3 is 2. The number of aromatic nitrogens is 3. The van der Waals surface area contributed by atoms with Crippen LogP contribution in [0.25, 0.3) is 21.8 Å². The summed E-state index contributed by atoms with van der Waals surface area (Å²) in [4.78, 5) is 28.0. The molecule has 1 aliphatic rings. The van der Waals surface area contributed by atoms with Gasteiger partial charge in [-0.15, -0.1) is 0 Å². The molecule has 178 valence electrons. The number of pyridine rings is 1. The predicted molar refractivity (Wildman–Crippen MR) is 128 cm³/mol. The Morgan fingerprint density at radius 2 is 1.85 bits per heavy atom. The Kier molecular flexibility index (Phi) is 6.88. The van der Waals surface area contributed by atoms with Crippen LogP contribution < -0.4 is 20.3 Å². The van der Waals surface area contributed by atoms with Gasteiger partial charge in [-0.1, -0.05) is 19.3 Å². The molecule has 4 rings (SSSR count). The summed E-state index contributed by atoms with van der Waals surface area (Å²) in [7, 11) is 6.97. The molecule has 0 bridgehead atoms. The fourth-order valence-electron chi connectivity index (χ4n) is 4.84. The van der Waals surface area contributed by atoms with Crippen LogP contribution in [0.1, 0.15) is 32.1 Å². The second-order valence-corrected chi connectivity index (χ2v) is 8.78. The number of nitrogens with one attached hydrogen (secondary N) is 1. The van der Waals surface area contributed by atoms with E-state index in [1.54, 1.807) is 36.6 Å². The van der Waals surface area contributed by atoms with Crippen LogP contribution in [0.5, 0.6) is 11.5 Å². The van der Waals surface area contributed by atoms with Crippen LogP contribution in [0.2, 0.25) is 0 Å². The van der Waals surface area contributed by atoms with E-state index in [-0.39, 0.29) is 18.0 Å². The molecule has 2 heterocycles. The number of likely N-dealkylation sites (N-methyl/N-ethyl adjacent to an activating group) is 1. The number of aryl methyl sites for hydroxylation is 1. The Labute approximate surface area is 193 Å². The molecular formula is C24H33N5O4. The van der Waals surface area contributed by atoms with Crippen LogP contribution in [-0.4, -0.2) is 65.6 Å². The molecule has 1 saturated carbocycles. The SMILES string of the molecule is COc1cc2c3c(cnn3CC(=O)NCCN(C)C3CCCCC3)c(=O)n(C)c2cc1OC. The highest BCUT2D eigenvalue weighted by Crippen LogP contribution is 2.34. The lowest BCUT2D eigenvalue weighted by molar-refractivity contribution is -0.121. The molecule has 1 N–H and O–H groups in total. The van der Waals surface area contributed by atoms with E-state index < -0.39 is 0 Å². The van der Waals surface area contributed by atoms with E-state index in [4.69, 9.17) is 9.47 Å². The Balaban J connectivity index is 1.55.